The number of nitrogens with zero attached hydrogens (tertiary/aromatic N) is 1. The van der Waals surface area contributed by atoms with E-state index in [1.165, 1.54) is 4.31 Å². The molecule has 6 nitrogen and oxygen atoms in total. The van der Waals surface area contributed by atoms with Crippen LogP contribution in [-0.4, -0.2) is 44.9 Å². The largest absolute Gasteiger partial charge is 0.393 e. The fourth-order valence-electron chi connectivity index (χ4n) is 2.79. The van der Waals surface area contributed by atoms with Crippen LogP contribution in [-0.2, 0) is 20.2 Å². The van der Waals surface area contributed by atoms with E-state index in [1.54, 1.807) is 0 Å². The van der Waals surface area contributed by atoms with E-state index in [0.717, 1.165) is 11.4 Å². The van der Waals surface area contributed by atoms with E-state index in [4.69, 9.17) is 0 Å². The first-order chi connectivity index (χ1) is 9.21. The van der Waals surface area contributed by atoms with Crippen LogP contribution < -0.4 is 0 Å². The summed E-state index contributed by atoms with van der Waals surface area (Å²) in [4.78, 5) is -0.634. The Morgan fingerprint density at radius 3 is 2.55 bits per heavy atom. The quantitative estimate of drug-likeness (QED) is 0.811. The summed E-state index contributed by atoms with van der Waals surface area (Å²) in [5.74, 6) is -0.0471. The molecule has 1 aromatic rings. The third-order valence-corrected chi connectivity index (χ3v) is 8.21. The van der Waals surface area contributed by atoms with Crippen LogP contribution in [0.5, 0.6) is 0 Å². The van der Waals surface area contributed by atoms with Gasteiger partial charge in [0.1, 0.15) is 9.10 Å². The maximum Gasteiger partial charge on any atom is 0.332 e. The smallest absolute Gasteiger partial charge is 0.332 e. The molecule has 0 spiro atoms. The number of aliphatic hydroxyl groups is 1. The van der Waals surface area contributed by atoms with E-state index in [1.807, 2.05) is 0 Å². The summed E-state index contributed by atoms with van der Waals surface area (Å²) in [5.41, 5.74) is 0. The van der Waals surface area contributed by atoms with Crippen LogP contribution in [0.15, 0.2) is 20.6 Å². The monoisotopic (exact) mass is 341 g/mol. The first-order valence-electron chi connectivity index (χ1n) is 5.94. The van der Waals surface area contributed by atoms with Crippen LogP contribution in [0.4, 0.5) is 3.89 Å². The van der Waals surface area contributed by atoms with E-state index in [-0.39, 0.29) is 16.2 Å². The van der Waals surface area contributed by atoms with Gasteiger partial charge in [-0.3, -0.25) is 0 Å². The standard InChI is InChI=1S/C10H12FNO5S3/c11-19(14,15)6-3-10(18-5-6)20(16,17)12-2-1-7-8(12)4-9(7)13/h3,5,7-9,13H,1-2,4H2/t7-,8-,9-/m1/s1. The molecular formula is C10H12FNO5S3. The van der Waals surface area contributed by atoms with Crippen molar-refractivity contribution in [2.75, 3.05) is 6.54 Å². The highest BCUT2D eigenvalue weighted by Crippen LogP contribution is 2.43. The average molecular weight is 341 g/mol. The zero-order valence-corrected chi connectivity index (χ0v) is 12.6. The lowest BCUT2D eigenvalue weighted by Crippen LogP contribution is -2.50. The summed E-state index contributed by atoms with van der Waals surface area (Å²) in [6.07, 6.45) is 0.513. The van der Waals surface area contributed by atoms with Crippen LogP contribution in [0.1, 0.15) is 12.8 Å². The minimum Gasteiger partial charge on any atom is -0.393 e. The Hall–Kier alpha value is -0.550. The predicted octanol–water partition coefficient (Wildman–Crippen LogP) is 0.550. The van der Waals surface area contributed by atoms with Gasteiger partial charge in [0.25, 0.3) is 10.0 Å². The van der Waals surface area contributed by atoms with E-state index < -0.39 is 31.2 Å². The van der Waals surface area contributed by atoms with Crippen LogP contribution in [0.3, 0.4) is 0 Å². The number of hydrogen-bond acceptors (Lipinski definition) is 6. The maximum absolute atomic E-state index is 12.8. The molecule has 1 aliphatic heterocycles. The van der Waals surface area contributed by atoms with Crippen molar-refractivity contribution in [3.8, 4) is 0 Å². The third kappa shape index (κ3) is 2.10. The molecule has 1 saturated heterocycles. The predicted molar refractivity (Wildman–Crippen MR) is 69.0 cm³/mol. The molecule has 1 saturated carbocycles. The first-order valence-corrected chi connectivity index (χ1v) is 9.64. The van der Waals surface area contributed by atoms with Crippen molar-refractivity contribution in [3.63, 3.8) is 0 Å². The van der Waals surface area contributed by atoms with Gasteiger partial charge >= 0.3 is 10.2 Å². The highest BCUT2D eigenvalue weighted by atomic mass is 32.3. The zero-order valence-electron chi connectivity index (χ0n) is 10.1. The first kappa shape index (κ1) is 14.4. The highest BCUT2D eigenvalue weighted by molar-refractivity contribution is 7.91. The lowest BCUT2D eigenvalue weighted by Gasteiger charge is -2.39. The molecule has 1 N–H and O–H groups in total. The maximum atomic E-state index is 12.8. The second-order valence-electron chi connectivity index (χ2n) is 4.98. The van der Waals surface area contributed by atoms with Gasteiger partial charge in [0, 0.05) is 23.9 Å². The number of sulfonamides is 1. The van der Waals surface area contributed by atoms with Gasteiger partial charge in [0.2, 0.25) is 0 Å². The van der Waals surface area contributed by atoms with Crippen molar-refractivity contribution >= 4 is 31.6 Å². The number of rotatable bonds is 3. The number of thiophene rings is 1. The molecular weight excluding hydrogens is 329 g/mol. The van der Waals surface area contributed by atoms with Crippen molar-refractivity contribution in [2.24, 2.45) is 5.92 Å². The summed E-state index contributed by atoms with van der Waals surface area (Å²) in [5, 5.41) is 10.5. The topological polar surface area (TPSA) is 91.8 Å². The second-order valence-corrected chi connectivity index (χ2v) is 9.35. The Labute approximate surface area is 120 Å². The van der Waals surface area contributed by atoms with Crippen LogP contribution >= 0.6 is 11.3 Å². The van der Waals surface area contributed by atoms with Crippen molar-refractivity contribution in [2.45, 2.75) is 34.1 Å². The molecule has 1 aromatic heterocycles. The number of hydrogen-bond donors (Lipinski definition) is 1. The summed E-state index contributed by atoms with van der Waals surface area (Å²) in [6.45, 7) is 0.296. The van der Waals surface area contributed by atoms with Crippen LogP contribution in [0.25, 0.3) is 0 Å². The zero-order chi connectivity index (χ0) is 14.7. The second kappa shape index (κ2) is 4.47. The van der Waals surface area contributed by atoms with E-state index >= 15 is 0 Å². The Morgan fingerprint density at radius 1 is 1.35 bits per heavy atom. The van der Waals surface area contributed by atoms with Crippen molar-refractivity contribution in [1.82, 2.24) is 4.31 Å². The summed E-state index contributed by atoms with van der Waals surface area (Å²) >= 11 is 0.687. The van der Waals surface area contributed by atoms with Crippen LogP contribution in [0.2, 0.25) is 0 Å². The minimum atomic E-state index is -4.90. The van der Waals surface area contributed by atoms with Crippen LogP contribution in [0, 0.1) is 5.92 Å². The Bertz CT molecular complexity index is 741. The number of fused-ring (bicyclic) bond motifs is 1. The van der Waals surface area contributed by atoms with Crippen molar-refractivity contribution in [1.29, 1.82) is 0 Å². The fraction of sp³-hybridized carbons (Fsp3) is 0.600. The molecule has 0 unspecified atom stereocenters. The molecule has 1 aliphatic carbocycles. The molecule has 2 aliphatic rings. The number of aliphatic hydroxyl groups excluding tert-OH is 1. The van der Waals surface area contributed by atoms with E-state index in [0.29, 0.717) is 30.7 Å². The molecule has 3 rings (SSSR count). The van der Waals surface area contributed by atoms with Gasteiger partial charge in [0.15, 0.2) is 0 Å². The molecule has 0 aromatic carbocycles. The summed E-state index contributed by atoms with van der Waals surface area (Å²) < 4.78 is 60.3. The molecule has 112 valence electrons. The van der Waals surface area contributed by atoms with Gasteiger partial charge in [-0.25, -0.2) is 8.42 Å². The summed E-state index contributed by atoms with van der Waals surface area (Å²) in [6, 6.07) is 0.611. The van der Waals surface area contributed by atoms with Gasteiger partial charge < -0.3 is 5.11 Å². The lowest BCUT2D eigenvalue weighted by atomic mass is 9.78. The third-order valence-electron chi connectivity index (χ3n) is 3.92. The van der Waals surface area contributed by atoms with E-state index in [2.05, 4.69) is 0 Å². The van der Waals surface area contributed by atoms with Gasteiger partial charge in [-0.1, -0.05) is 0 Å². The molecule has 20 heavy (non-hydrogen) atoms. The Kier molecular flexibility index (Phi) is 3.22. The number of halogens is 1. The van der Waals surface area contributed by atoms with Gasteiger partial charge in [-0.15, -0.1) is 15.2 Å². The van der Waals surface area contributed by atoms with E-state index in [9.17, 15) is 25.8 Å². The molecule has 0 radical (unpaired) electrons. The lowest BCUT2D eigenvalue weighted by molar-refractivity contribution is -0.00345. The average Bonchev–Trinajstić information content (AvgIpc) is 2.91. The fourth-order valence-corrected chi connectivity index (χ4v) is 6.67. The summed E-state index contributed by atoms with van der Waals surface area (Å²) in [7, 11) is -8.72. The SMILES string of the molecule is O=S(=O)(F)c1csc(S(=O)(=O)N2CC[C@H]3[C@H](O)C[C@H]32)c1. The normalized spacial score (nSPS) is 31.0. The van der Waals surface area contributed by atoms with Crippen molar-refractivity contribution < 1.29 is 25.8 Å². The van der Waals surface area contributed by atoms with Gasteiger partial charge in [-0.2, -0.15) is 12.7 Å². The van der Waals surface area contributed by atoms with Gasteiger partial charge in [0.05, 0.1) is 6.10 Å². The molecule has 0 bridgehead atoms. The molecule has 2 fully saturated rings. The Morgan fingerprint density at radius 2 is 2.05 bits per heavy atom. The van der Waals surface area contributed by atoms with Gasteiger partial charge in [-0.05, 0) is 18.9 Å². The Balaban J connectivity index is 1.92. The molecule has 2 heterocycles. The minimum absolute atomic E-state index is 0.0471. The molecule has 3 atom stereocenters. The molecule has 0 amide bonds. The highest BCUT2D eigenvalue weighted by Gasteiger charge is 2.52. The van der Waals surface area contributed by atoms with Crippen molar-refractivity contribution in [3.05, 3.63) is 11.4 Å². The molecule has 10 heteroatoms.